The summed E-state index contributed by atoms with van der Waals surface area (Å²) in [6.07, 6.45) is 5.62. The van der Waals surface area contributed by atoms with Crippen molar-refractivity contribution in [3.63, 3.8) is 0 Å². The number of likely N-dealkylation sites (tertiary alicyclic amines) is 2. The van der Waals surface area contributed by atoms with Crippen LogP contribution in [-0.4, -0.2) is 42.5 Å². The maximum Gasteiger partial charge on any atom is 0.0233 e. The molecule has 0 aromatic heterocycles. The maximum atomic E-state index is 2.66. The molecule has 2 heteroatoms. The molecule has 0 N–H and O–H groups in total. The summed E-state index contributed by atoms with van der Waals surface area (Å²) in [5, 5.41) is 0. The Morgan fingerprint density at radius 1 is 1.05 bits per heavy atom. The molecule has 0 bridgehead atoms. The molecule has 3 rings (SSSR count). The molecule has 104 valence electrons. The first-order valence-electron chi connectivity index (χ1n) is 7.79. The molecule has 0 aliphatic carbocycles. The monoisotopic (exact) mass is 258 g/mol. The molecule has 2 unspecified atom stereocenters. The van der Waals surface area contributed by atoms with Crippen LogP contribution < -0.4 is 0 Å². The van der Waals surface area contributed by atoms with Gasteiger partial charge in [0, 0.05) is 19.1 Å². The van der Waals surface area contributed by atoms with Crippen LogP contribution in [0.2, 0.25) is 0 Å². The highest BCUT2D eigenvalue weighted by Gasteiger charge is 2.32. The predicted molar refractivity (Wildman–Crippen MR) is 80.1 cm³/mol. The number of hydrogen-bond acceptors (Lipinski definition) is 2. The fourth-order valence-electron chi connectivity index (χ4n) is 3.92. The van der Waals surface area contributed by atoms with E-state index in [0.717, 1.165) is 18.5 Å². The summed E-state index contributed by atoms with van der Waals surface area (Å²) >= 11 is 0. The minimum atomic E-state index is 0.846. The number of piperidine rings is 1. The number of nitrogens with zero attached hydrogens (tertiary/aromatic N) is 2. The molecule has 2 fully saturated rings. The van der Waals surface area contributed by atoms with Crippen molar-refractivity contribution in [2.24, 2.45) is 5.92 Å². The fourth-order valence-corrected chi connectivity index (χ4v) is 3.92. The van der Waals surface area contributed by atoms with Crippen LogP contribution in [-0.2, 0) is 6.54 Å². The second-order valence-corrected chi connectivity index (χ2v) is 6.31. The molecule has 2 heterocycles. The molecule has 1 aromatic carbocycles. The van der Waals surface area contributed by atoms with Crippen molar-refractivity contribution in [3.05, 3.63) is 35.9 Å². The van der Waals surface area contributed by atoms with Gasteiger partial charge in [-0.25, -0.2) is 0 Å². The summed E-state index contributed by atoms with van der Waals surface area (Å²) in [5.74, 6) is 0.893. The smallest absolute Gasteiger partial charge is 0.0233 e. The van der Waals surface area contributed by atoms with Crippen molar-refractivity contribution in [3.8, 4) is 0 Å². The van der Waals surface area contributed by atoms with E-state index in [-0.39, 0.29) is 0 Å². The van der Waals surface area contributed by atoms with Crippen molar-refractivity contribution in [1.29, 1.82) is 0 Å². The summed E-state index contributed by atoms with van der Waals surface area (Å²) in [6, 6.07) is 11.8. The highest BCUT2D eigenvalue weighted by molar-refractivity contribution is 5.14. The SMILES string of the molecule is CN1CCCC1C1CCCN(Cc2ccccc2)C1. The van der Waals surface area contributed by atoms with Gasteiger partial charge in [0.05, 0.1) is 0 Å². The van der Waals surface area contributed by atoms with Gasteiger partial charge in [0.2, 0.25) is 0 Å². The lowest BCUT2D eigenvalue weighted by Crippen LogP contribution is -2.43. The van der Waals surface area contributed by atoms with E-state index in [4.69, 9.17) is 0 Å². The van der Waals surface area contributed by atoms with Gasteiger partial charge in [0.15, 0.2) is 0 Å². The van der Waals surface area contributed by atoms with Crippen LogP contribution in [0.15, 0.2) is 30.3 Å². The molecular formula is C17H26N2. The molecule has 1 aromatic rings. The lowest BCUT2D eigenvalue weighted by atomic mass is 9.89. The van der Waals surface area contributed by atoms with Gasteiger partial charge < -0.3 is 4.90 Å². The second-order valence-electron chi connectivity index (χ2n) is 6.31. The van der Waals surface area contributed by atoms with Gasteiger partial charge in [0.1, 0.15) is 0 Å². The summed E-state index contributed by atoms with van der Waals surface area (Å²) in [4.78, 5) is 5.26. The fraction of sp³-hybridized carbons (Fsp3) is 0.647. The molecule has 2 atom stereocenters. The van der Waals surface area contributed by atoms with Crippen LogP contribution in [0.25, 0.3) is 0 Å². The van der Waals surface area contributed by atoms with Crippen LogP contribution in [0.4, 0.5) is 0 Å². The summed E-state index contributed by atoms with van der Waals surface area (Å²) in [5.41, 5.74) is 1.46. The van der Waals surface area contributed by atoms with Gasteiger partial charge in [-0.05, 0) is 57.3 Å². The van der Waals surface area contributed by atoms with E-state index in [0.29, 0.717) is 0 Å². The second kappa shape index (κ2) is 6.06. The van der Waals surface area contributed by atoms with Crippen LogP contribution >= 0.6 is 0 Å². The molecule has 2 saturated heterocycles. The zero-order chi connectivity index (χ0) is 13.1. The van der Waals surface area contributed by atoms with Gasteiger partial charge in [-0.15, -0.1) is 0 Å². The van der Waals surface area contributed by atoms with Gasteiger partial charge in [-0.3, -0.25) is 4.90 Å². The molecule has 2 aliphatic rings. The van der Waals surface area contributed by atoms with Gasteiger partial charge in [-0.1, -0.05) is 30.3 Å². The summed E-state index contributed by atoms with van der Waals surface area (Å²) in [7, 11) is 2.31. The minimum absolute atomic E-state index is 0.846. The van der Waals surface area contributed by atoms with Crippen molar-refractivity contribution in [2.75, 3.05) is 26.7 Å². The molecule has 19 heavy (non-hydrogen) atoms. The Hall–Kier alpha value is -0.860. The maximum absolute atomic E-state index is 2.66. The zero-order valence-electron chi connectivity index (χ0n) is 12.1. The first-order valence-corrected chi connectivity index (χ1v) is 7.79. The van der Waals surface area contributed by atoms with E-state index in [1.807, 2.05) is 0 Å². The predicted octanol–water partition coefficient (Wildman–Crippen LogP) is 2.99. The number of hydrogen-bond donors (Lipinski definition) is 0. The molecule has 0 spiro atoms. The highest BCUT2D eigenvalue weighted by atomic mass is 15.2. The third-order valence-electron chi connectivity index (χ3n) is 4.91. The Morgan fingerprint density at radius 3 is 2.58 bits per heavy atom. The third kappa shape index (κ3) is 3.18. The van der Waals surface area contributed by atoms with E-state index in [1.54, 1.807) is 0 Å². The van der Waals surface area contributed by atoms with Crippen LogP contribution in [0.1, 0.15) is 31.2 Å². The first-order chi connectivity index (χ1) is 9.33. The lowest BCUT2D eigenvalue weighted by Gasteiger charge is -2.38. The van der Waals surface area contributed by atoms with Gasteiger partial charge >= 0.3 is 0 Å². The van der Waals surface area contributed by atoms with Crippen molar-refractivity contribution >= 4 is 0 Å². The molecule has 0 radical (unpaired) electrons. The number of rotatable bonds is 3. The van der Waals surface area contributed by atoms with Crippen molar-refractivity contribution < 1.29 is 0 Å². The first kappa shape index (κ1) is 13.1. The Labute approximate surface area is 117 Å². The van der Waals surface area contributed by atoms with Crippen LogP contribution in [0.3, 0.4) is 0 Å². The average Bonchev–Trinajstić information content (AvgIpc) is 2.86. The van der Waals surface area contributed by atoms with Crippen molar-refractivity contribution in [1.82, 2.24) is 9.80 Å². The van der Waals surface area contributed by atoms with E-state index < -0.39 is 0 Å². The van der Waals surface area contributed by atoms with E-state index >= 15 is 0 Å². The Balaban J connectivity index is 1.59. The third-order valence-corrected chi connectivity index (χ3v) is 4.91. The Bertz CT molecular complexity index is 390. The molecule has 0 saturated carbocycles. The Kier molecular flexibility index (Phi) is 4.19. The standard InChI is InChI=1S/C17H26N2/c1-18-11-6-10-17(18)16-9-5-12-19(14-16)13-15-7-3-2-4-8-15/h2-4,7-8,16-17H,5-6,9-14H2,1H3. The molecule has 0 amide bonds. The van der Waals surface area contributed by atoms with Crippen LogP contribution in [0.5, 0.6) is 0 Å². The van der Waals surface area contributed by atoms with E-state index in [1.165, 1.54) is 50.9 Å². The van der Waals surface area contributed by atoms with Gasteiger partial charge in [-0.2, -0.15) is 0 Å². The topological polar surface area (TPSA) is 6.48 Å². The zero-order valence-corrected chi connectivity index (χ0v) is 12.1. The van der Waals surface area contributed by atoms with E-state index in [2.05, 4.69) is 47.2 Å². The number of benzene rings is 1. The minimum Gasteiger partial charge on any atom is -0.303 e. The summed E-state index contributed by atoms with van der Waals surface area (Å²) < 4.78 is 0. The Morgan fingerprint density at radius 2 is 1.84 bits per heavy atom. The molecule has 2 nitrogen and oxygen atoms in total. The van der Waals surface area contributed by atoms with Gasteiger partial charge in [0.25, 0.3) is 0 Å². The van der Waals surface area contributed by atoms with E-state index in [9.17, 15) is 0 Å². The average molecular weight is 258 g/mol. The quantitative estimate of drug-likeness (QED) is 0.822. The normalized spacial score (nSPS) is 29.7. The van der Waals surface area contributed by atoms with Crippen LogP contribution in [0, 0.1) is 5.92 Å². The lowest BCUT2D eigenvalue weighted by molar-refractivity contribution is 0.109. The van der Waals surface area contributed by atoms with Crippen molar-refractivity contribution in [2.45, 2.75) is 38.3 Å². The highest BCUT2D eigenvalue weighted by Crippen LogP contribution is 2.29. The largest absolute Gasteiger partial charge is 0.303 e. The molecular weight excluding hydrogens is 232 g/mol. The summed E-state index contributed by atoms with van der Waals surface area (Å²) in [6.45, 7) is 5.01. The molecule has 2 aliphatic heterocycles.